The van der Waals surface area contributed by atoms with Gasteiger partial charge in [0.1, 0.15) is 0 Å². The Labute approximate surface area is 105 Å². The van der Waals surface area contributed by atoms with Crippen molar-refractivity contribution in [2.75, 3.05) is 5.32 Å². The first kappa shape index (κ1) is 11.3. The molecular weight excluding hydrogens is 273 g/mol. The van der Waals surface area contributed by atoms with Gasteiger partial charge >= 0.3 is 0 Å². The first-order valence-electron chi connectivity index (χ1n) is 5.40. The van der Waals surface area contributed by atoms with E-state index in [0.29, 0.717) is 6.04 Å². The van der Waals surface area contributed by atoms with Crippen molar-refractivity contribution in [1.29, 1.82) is 0 Å². The van der Waals surface area contributed by atoms with E-state index in [9.17, 15) is 0 Å². The van der Waals surface area contributed by atoms with Crippen molar-refractivity contribution in [2.24, 2.45) is 0 Å². The third-order valence-electron chi connectivity index (χ3n) is 3.52. The van der Waals surface area contributed by atoms with Crippen molar-refractivity contribution in [1.82, 2.24) is 0 Å². The van der Waals surface area contributed by atoms with Crippen LogP contribution < -0.4 is 5.32 Å². The molecule has 0 aromatic heterocycles. The topological polar surface area (TPSA) is 12.0 Å². The van der Waals surface area contributed by atoms with Crippen LogP contribution in [0.3, 0.4) is 0 Å². The van der Waals surface area contributed by atoms with Gasteiger partial charge in [0.25, 0.3) is 0 Å². The second-order valence-electron chi connectivity index (χ2n) is 4.37. The zero-order valence-corrected chi connectivity index (χ0v) is 10.9. The second-order valence-corrected chi connectivity index (χ2v) is 5.29. The molecule has 0 radical (unpaired) electrons. The molecule has 0 amide bonds. The second kappa shape index (κ2) is 4.34. The van der Waals surface area contributed by atoms with Crippen molar-refractivity contribution < 1.29 is 0 Å². The molecule has 3 heteroatoms. The molecule has 1 saturated carbocycles. The number of nitrogens with one attached hydrogen (secondary N) is 1. The molecular formula is C12H15BrClN. The predicted octanol–water partition coefficient (Wildman–Crippen LogP) is 4.32. The summed E-state index contributed by atoms with van der Waals surface area (Å²) in [6.45, 7) is 0. The maximum atomic E-state index is 3.64. The van der Waals surface area contributed by atoms with Gasteiger partial charge in [0.2, 0.25) is 0 Å². The van der Waals surface area contributed by atoms with Crippen LogP contribution in [0.4, 0.5) is 5.69 Å². The van der Waals surface area contributed by atoms with Gasteiger partial charge in [-0.3, -0.25) is 0 Å². The molecule has 1 fully saturated rings. The Morgan fingerprint density at radius 3 is 2.87 bits per heavy atom. The molecule has 1 aliphatic carbocycles. The Balaban J connectivity index is 0.000000853. The van der Waals surface area contributed by atoms with Gasteiger partial charge in [-0.15, -0.1) is 12.4 Å². The van der Waals surface area contributed by atoms with E-state index in [-0.39, 0.29) is 12.4 Å². The molecule has 1 aromatic rings. The van der Waals surface area contributed by atoms with E-state index >= 15 is 0 Å². The highest BCUT2D eigenvalue weighted by Crippen LogP contribution is 2.44. The standard InChI is InChI=1S/C12H14BrN.ClH/c13-8-5-6-12-10(7-8)9-3-1-2-4-11(9)14-12;/h5-7,9,11,14H,1-4H2;1H/t9-,11-;/m0./s1. The van der Waals surface area contributed by atoms with Crippen molar-refractivity contribution in [3.05, 3.63) is 28.2 Å². The first-order valence-corrected chi connectivity index (χ1v) is 6.20. The largest absolute Gasteiger partial charge is 0.381 e. The zero-order chi connectivity index (χ0) is 9.54. The molecule has 15 heavy (non-hydrogen) atoms. The maximum absolute atomic E-state index is 3.64. The SMILES string of the molecule is Brc1ccc2c(c1)[C@@H]1CCCC[C@@H]1N2.Cl. The van der Waals surface area contributed by atoms with Gasteiger partial charge in [0.15, 0.2) is 0 Å². The maximum Gasteiger partial charge on any atom is 0.0379 e. The lowest BCUT2D eigenvalue weighted by atomic mass is 9.83. The summed E-state index contributed by atoms with van der Waals surface area (Å²) in [4.78, 5) is 0. The van der Waals surface area contributed by atoms with Crippen molar-refractivity contribution >= 4 is 34.0 Å². The Hall–Kier alpha value is -0.210. The Kier molecular flexibility index (Phi) is 3.27. The lowest BCUT2D eigenvalue weighted by molar-refractivity contribution is 0.422. The Bertz CT molecular complexity index is 367. The number of rotatable bonds is 0. The van der Waals surface area contributed by atoms with Crippen LogP contribution in [0, 0.1) is 0 Å². The van der Waals surface area contributed by atoms with Crippen LogP contribution in [0.2, 0.25) is 0 Å². The van der Waals surface area contributed by atoms with Crippen LogP contribution in [-0.4, -0.2) is 6.04 Å². The quantitative estimate of drug-likeness (QED) is 0.749. The fourth-order valence-corrected chi connectivity index (χ4v) is 3.23. The minimum Gasteiger partial charge on any atom is -0.381 e. The van der Waals surface area contributed by atoms with Gasteiger partial charge in [-0.05, 0) is 36.6 Å². The molecule has 2 atom stereocenters. The van der Waals surface area contributed by atoms with E-state index in [1.807, 2.05) is 0 Å². The molecule has 3 rings (SSSR count). The highest BCUT2D eigenvalue weighted by molar-refractivity contribution is 9.10. The minimum atomic E-state index is 0. The predicted molar refractivity (Wildman–Crippen MR) is 70.0 cm³/mol. The molecule has 2 aliphatic rings. The molecule has 1 aliphatic heterocycles. The van der Waals surface area contributed by atoms with Crippen molar-refractivity contribution in [3.8, 4) is 0 Å². The molecule has 1 nitrogen and oxygen atoms in total. The molecule has 0 saturated heterocycles. The lowest BCUT2D eigenvalue weighted by Crippen LogP contribution is -2.23. The number of hydrogen-bond acceptors (Lipinski definition) is 1. The average molecular weight is 289 g/mol. The van der Waals surface area contributed by atoms with Crippen molar-refractivity contribution in [3.63, 3.8) is 0 Å². The van der Waals surface area contributed by atoms with Crippen LogP contribution in [0.5, 0.6) is 0 Å². The highest BCUT2D eigenvalue weighted by atomic mass is 79.9. The molecule has 1 N–H and O–H groups in total. The fourth-order valence-electron chi connectivity index (χ4n) is 2.85. The summed E-state index contributed by atoms with van der Waals surface area (Å²) in [6.07, 6.45) is 5.50. The third kappa shape index (κ3) is 1.90. The van der Waals surface area contributed by atoms with Gasteiger partial charge in [-0.25, -0.2) is 0 Å². The number of benzene rings is 1. The first-order chi connectivity index (χ1) is 6.84. The van der Waals surface area contributed by atoms with Gasteiger partial charge in [-0.2, -0.15) is 0 Å². The molecule has 0 unspecified atom stereocenters. The van der Waals surface area contributed by atoms with E-state index in [4.69, 9.17) is 0 Å². The Morgan fingerprint density at radius 1 is 1.20 bits per heavy atom. The van der Waals surface area contributed by atoms with Gasteiger partial charge in [0, 0.05) is 22.1 Å². The summed E-state index contributed by atoms with van der Waals surface area (Å²) in [5, 5.41) is 3.64. The number of halogens is 2. The van der Waals surface area contributed by atoms with Crippen LogP contribution >= 0.6 is 28.3 Å². The van der Waals surface area contributed by atoms with Crippen LogP contribution in [-0.2, 0) is 0 Å². The number of fused-ring (bicyclic) bond motifs is 3. The Morgan fingerprint density at radius 2 is 2.00 bits per heavy atom. The van der Waals surface area contributed by atoms with Gasteiger partial charge < -0.3 is 5.32 Å². The molecule has 82 valence electrons. The van der Waals surface area contributed by atoms with E-state index < -0.39 is 0 Å². The van der Waals surface area contributed by atoms with E-state index in [1.165, 1.54) is 41.4 Å². The molecule has 0 spiro atoms. The lowest BCUT2D eigenvalue weighted by Gasteiger charge is -2.25. The van der Waals surface area contributed by atoms with E-state index in [1.54, 1.807) is 0 Å². The summed E-state index contributed by atoms with van der Waals surface area (Å²) < 4.78 is 1.21. The zero-order valence-electron chi connectivity index (χ0n) is 8.50. The minimum absolute atomic E-state index is 0. The van der Waals surface area contributed by atoms with Crippen LogP contribution in [0.1, 0.15) is 37.2 Å². The summed E-state index contributed by atoms with van der Waals surface area (Å²) in [7, 11) is 0. The number of anilines is 1. The van der Waals surface area contributed by atoms with Crippen molar-refractivity contribution in [2.45, 2.75) is 37.6 Å². The third-order valence-corrected chi connectivity index (χ3v) is 4.01. The van der Waals surface area contributed by atoms with E-state index in [0.717, 1.165) is 5.92 Å². The average Bonchev–Trinajstić information content (AvgIpc) is 2.56. The van der Waals surface area contributed by atoms with Gasteiger partial charge in [-0.1, -0.05) is 28.8 Å². The fraction of sp³-hybridized carbons (Fsp3) is 0.500. The summed E-state index contributed by atoms with van der Waals surface area (Å²) in [5.74, 6) is 0.774. The monoisotopic (exact) mass is 287 g/mol. The van der Waals surface area contributed by atoms with Crippen LogP contribution in [0.15, 0.2) is 22.7 Å². The van der Waals surface area contributed by atoms with Crippen LogP contribution in [0.25, 0.3) is 0 Å². The summed E-state index contributed by atoms with van der Waals surface area (Å²) >= 11 is 3.55. The summed E-state index contributed by atoms with van der Waals surface area (Å²) in [5.41, 5.74) is 2.90. The summed E-state index contributed by atoms with van der Waals surface area (Å²) in [6, 6.07) is 7.34. The molecule has 1 heterocycles. The van der Waals surface area contributed by atoms with E-state index in [2.05, 4.69) is 39.4 Å². The molecule has 1 aromatic carbocycles. The normalized spacial score (nSPS) is 27.3. The number of hydrogen-bond donors (Lipinski definition) is 1. The smallest absolute Gasteiger partial charge is 0.0379 e. The highest BCUT2D eigenvalue weighted by Gasteiger charge is 2.33. The van der Waals surface area contributed by atoms with Gasteiger partial charge in [0.05, 0.1) is 0 Å². The molecule has 0 bridgehead atoms.